The Morgan fingerprint density at radius 1 is 1.10 bits per heavy atom. The van der Waals surface area contributed by atoms with E-state index in [0.29, 0.717) is 6.54 Å². The fraction of sp³-hybridized carbons (Fsp3) is 0.500. The molecule has 1 atom stereocenters. The van der Waals surface area contributed by atoms with E-state index in [1.165, 1.54) is 18.1 Å². The Morgan fingerprint density at radius 3 is 2.68 bits per heavy atom. The smallest absolute Gasteiger partial charge is 0.242 e. The zero-order valence-electron chi connectivity index (χ0n) is 18.4. The van der Waals surface area contributed by atoms with Crippen LogP contribution in [-0.2, 0) is 22.6 Å². The first-order valence-electron chi connectivity index (χ1n) is 11.2. The third-order valence-electron chi connectivity index (χ3n) is 6.19. The number of aryl methyl sites for hydroxylation is 1. The molecule has 31 heavy (non-hydrogen) atoms. The lowest BCUT2D eigenvalue weighted by atomic mass is 9.99. The van der Waals surface area contributed by atoms with Crippen LogP contribution in [0.3, 0.4) is 0 Å². The monoisotopic (exact) mass is 421 g/mol. The molecule has 2 aromatic rings. The molecule has 2 aliphatic rings. The number of carbonyl (C=O) groups excluding carboxylic acids is 2. The van der Waals surface area contributed by atoms with Crippen molar-refractivity contribution in [3.8, 4) is 0 Å². The van der Waals surface area contributed by atoms with Gasteiger partial charge >= 0.3 is 0 Å². The number of carbonyl (C=O) groups is 2. The second-order valence-corrected chi connectivity index (χ2v) is 8.49. The van der Waals surface area contributed by atoms with Gasteiger partial charge in [-0.15, -0.1) is 0 Å². The van der Waals surface area contributed by atoms with Gasteiger partial charge in [0.05, 0.1) is 12.6 Å². The van der Waals surface area contributed by atoms with E-state index in [0.717, 1.165) is 62.5 Å². The first-order valence-corrected chi connectivity index (χ1v) is 11.2. The Balaban J connectivity index is 1.62. The summed E-state index contributed by atoms with van der Waals surface area (Å²) in [6.07, 6.45) is 4.94. The topological polar surface area (TPSA) is 78.4 Å². The number of anilines is 1. The highest BCUT2D eigenvalue weighted by molar-refractivity contribution is 5.84. The standard InChI is InChI=1S/C24H31N5O2/c1-17-20-11-8-13-28(16-19-9-4-3-5-10-19)24(20)27-23(26-17)21-12-6-7-14-29(21)22(31)15-25-18(2)30/h3-5,9-10,21H,6-8,11-16H2,1-2H3,(H,25,30)/t21-/m0/s1. The van der Waals surface area contributed by atoms with E-state index in [2.05, 4.69) is 41.4 Å². The van der Waals surface area contributed by atoms with Gasteiger partial charge in [0, 0.05) is 37.8 Å². The molecule has 1 saturated heterocycles. The van der Waals surface area contributed by atoms with E-state index in [1.807, 2.05) is 11.0 Å². The molecular formula is C24H31N5O2. The number of piperidine rings is 1. The predicted molar refractivity (Wildman–Crippen MR) is 120 cm³/mol. The van der Waals surface area contributed by atoms with Crippen LogP contribution < -0.4 is 10.2 Å². The van der Waals surface area contributed by atoms with Gasteiger partial charge in [0.2, 0.25) is 11.8 Å². The summed E-state index contributed by atoms with van der Waals surface area (Å²) in [7, 11) is 0. The van der Waals surface area contributed by atoms with Gasteiger partial charge in [-0.25, -0.2) is 9.97 Å². The lowest BCUT2D eigenvalue weighted by Crippen LogP contribution is -2.44. The van der Waals surface area contributed by atoms with Gasteiger partial charge in [-0.3, -0.25) is 9.59 Å². The van der Waals surface area contributed by atoms with Crippen molar-refractivity contribution >= 4 is 17.6 Å². The normalized spacial score (nSPS) is 18.5. The fourth-order valence-electron chi connectivity index (χ4n) is 4.62. The summed E-state index contributed by atoms with van der Waals surface area (Å²) >= 11 is 0. The molecule has 0 spiro atoms. The van der Waals surface area contributed by atoms with E-state index in [4.69, 9.17) is 9.97 Å². The maximum absolute atomic E-state index is 12.8. The van der Waals surface area contributed by atoms with Crippen molar-refractivity contribution in [1.82, 2.24) is 20.2 Å². The number of benzene rings is 1. The van der Waals surface area contributed by atoms with E-state index in [-0.39, 0.29) is 24.4 Å². The molecule has 2 amide bonds. The Labute approximate surface area is 183 Å². The van der Waals surface area contributed by atoms with Crippen LogP contribution >= 0.6 is 0 Å². The average molecular weight is 422 g/mol. The number of nitrogens with zero attached hydrogens (tertiary/aromatic N) is 4. The summed E-state index contributed by atoms with van der Waals surface area (Å²) in [6.45, 7) is 5.97. The SMILES string of the molecule is CC(=O)NCC(=O)N1CCCC[C@H]1c1nc(C)c2c(n1)N(Cc1ccccc1)CCC2. The summed E-state index contributed by atoms with van der Waals surface area (Å²) in [6, 6.07) is 10.3. The van der Waals surface area contributed by atoms with Gasteiger partial charge in [-0.05, 0) is 44.6 Å². The van der Waals surface area contributed by atoms with Crippen LogP contribution in [0.5, 0.6) is 0 Å². The summed E-state index contributed by atoms with van der Waals surface area (Å²) in [5.74, 6) is 1.48. The van der Waals surface area contributed by atoms with E-state index in [1.54, 1.807) is 0 Å². The van der Waals surface area contributed by atoms with Crippen LogP contribution in [0, 0.1) is 6.92 Å². The lowest BCUT2D eigenvalue weighted by Gasteiger charge is -2.37. The number of fused-ring (bicyclic) bond motifs is 1. The molecule has 0 radical (unpaired) electrons. The van der Waals surface area contributed by atoms with Crippen LogP contribution in [0.2, 0.25) is 0 Å². The Kier molecular flexibility index (Phi) is 6.49. The van der Waals surface area contributed by atoms with E-state index >= 15 is 0 Å². The number of amides is 2. The molecule has 1 fully saturated rings. The molecule has 164 valence electrons. The summed E-state index contributed by atoms with van der Waals surface area (Å²) in [4.78, 5) is 38.2. The third kappa shape index (κ3) is 4.86. The van der Waals surface area contributed by atoms with Crippen molar-refractivity contribution in [3.63, 3.8) is 0 Å². The molecule has 0 unspecified atom stereocenters. The number of nitrogens with one attached hydrogen (secondary N) is 1. The van der Waals surface area contributed by atoms with Crippen molar-refractivity contribution in [2.75, 3.05) is 24.5 Å². The third-order valence-corrected chi connectivity index (χ3v) is 6.19. The van der Waals surface area contributed by atoms with Gasteiger partial charge in [-0.1, -0.05) is 30.3 Å². The predicted octanol–water partition coefficient (Wildman–Crippen LogP) is 2.93. The van der Waals surface area contributed by atoms with Crippen molar-refractivity contribution in [2.24, 2.45) is 0 Å². The van der Waals surface area contributed by atoms with E-state index < -0.39 is 0 Å². The van der Waals surface area contributed by atoms with Gasteiger partial charge in [0.25, 0.3) is 0 Å². The second-order valence-electron chi connectivity index (χ2n) is 8.49. The first-order chi connectivity index (χ1) is 15.0. The second kappa shape index (κ2) is 9.45. The minimum absolute atomic E-state index is 0.0237. The molecule has 1 N–H and O–H groups in total. The number of hydrogen-bond donors (Lipinski definition) is 1. The Morgan fingerprint density at radius 2 is 1.90 bits per heavy atom. The average Bonchev–Trinajstić information content (AvgIpc) is 2.78. The van der Waals surface area contributed by atoms with Gasteiger partial charge < -0.3 is 15.1 Å². The molecule has 2 aliphatic heterocycles. The van der Waals surface area contributed by atoms with E-state index in [9.17, 15) is 9.59 Å². The molecule has 1 aromatic heterocycles. The van der Waals surface area contributed by atoms with Crippen molar-refractivity contribution < 1.29 is 9.59 Å². The van der Waals surface area contributed by atoms with Crippen LogP contribution in [0.15, 0.2) is 30.3 Å². The van der Waals surface area contributed by atoms with Crippen molar-refractivity contribution in [2.45, 2.75) is 58.5 Å². The van der Waals surface area contributed by atoms with Crippen LogP contribution in [0.25, 0.3) is 0 Å². The maximum Gasteiger partial charge on any atom is 0.242 e. The number of aromatic nitrogens is 2. The van der Waals surface area contributed by atoms with Gasteiger partial charge in [0.15, 0.2) is 5.82 Å². The first kappa shape index (κ1) is 21.3. The van der Waals surface area contributed by atoms with Gasteiger partial charge in [0.1, 0.15) is 5.82 Å². The van der Waals surface area contributed by atoms with Crippen LogP contribution in [0.1, 0.15) is 61.3 Å². The number of likely N-dealkylation sites (tertiary alicyclic amines) is 1. The largest absolute Gasteiger partial charge is 0.352 e. The molecule has 7 heteroatoms. The molecule has 1 aromatic carbocycles. The molecule has 0 aliphatic carbocycles. The Bertz CT molecular complexity index is 946. The number of rotatable bonds is 5. The molecule has 3 heterocycles. The fourth-order valence-corrected chi connectivity index (χ4v) is 4.62. The molecular weight excluding hydrogens is 390 g/mol. The van der Waals surface area contributed by atoms with Crippen molar-refractivity contribution in [1.29, 1.82) is 0 Å². The summed E-state index contributed by atoms with van der Waals surface area (Å²) in [5.41, 5.74) is 3.49. The molecule has 4 rings (SSSR count). The molecule has 0 saturated carbocycles. The summed E-state index contributed by atoms with van der Waals surface area (Å²) < 4.78 is 0. The van der Waals surface area contributed by atoms with Crippen LogP contribution in [-0.4, -0.2) is 46.3 Å². The minimum Gasteiger partial charge on any atom is -0.352 e. The highest BCUT2D eigenvalue weighted by Gasteiger charge is 2.32. The minimum atomic E-state index is -0.195. The highest BCUT2D eigenvalue weighted by Crippen LogP contribution is 2.34. The van der Waals surface area contributed by atoms with Crippen LogP contribution in [0.4, 0.5) is 5.82 Å². The zero-order chi connectivity index (χ0) is 21.8. The lowest BCUT2D eigenvalue weighted by molar-refractivity contribution is -0.136. The van der Waals surface area contributed by atoms with Crippen molar-refractivity contribution in [3.05, 3.63) is 53.0 Å². The number of hydrogen-bond acceptors (Lipinski definition) is 5. The van der Waals surface area contributed by atoms with Gasteiger partial charge in [-0.2, -0.15) is 0 Å². The summed E-state index contributed by atoms with van der Waals surface area (Å²) in [5, 5.41) is 2.63. The highest BCUT2D eigenvalue weighted by atomic mass is 16.2. The zero-order valence-corrected chi connectivity index (χ0v) is 18.4. The molecule has 7 nitrogen and oxygen atoms in total. The quantitative estimate of drug-likeness (QED) is 0.803. The molecule has 0 bridgehead atoms. The Hall–Kier alpha value is -2.96. The maximum atomic E-state index is 12.8.